The van der Waals surface area contributed by atoms with Crippen LogP contribution in [0, 0.1) is 0 Å². The smallest absolute Gasteiger partial charge is 0.407 e. The zero-order valence-corrected chi connectivity index (χ0v) is 17.6. The Kier molecular flexibility index (Phi) is 11.0. The van der Waals surface area contributed by atoms with Crippen molar-refractivity contribution in [2.45, 2.75) is 19.4 Å². The molecule has 2 aromatic carbocycles. The fourth-order valence-electron chi connectivity index (χ4n) is 2.41. The van der Waals surface area contributed by atoms with Crippen molar-refractivity contribution in [2.24, 2.45) is 0 Å². The van der Waals surface area contributed by atoms with Crippen LogP contribution in [0.5, 0.6) is 11.5 Å². The molecule has 30 heavy (non-hydrogen) atoms. The average molecular weight is 437 g/mol. The van der Waals surface area contributed by atoms with Gasteiger partial charge in [0.15, 0.2) is 11.5 Å². The number of hydrogen-bond acceptors (Lipinski definition) is 7. The molecule has 0 aliphatic rings. The van der Waals surface area contributed by atoms with Gasteiger partial charge in [-0.1, -0.05) is 30.3 Å². The highest BCUT2D eigenvalue weighted by Crippen LogP contribution is 2.27. The molecule has 0 fully saturated rings. The quantitative estimate of drug-likeness (QED) is 0.460. The maximum atomic E-state index is 12.5. The first-order valence-electron chi connectivity index (χ1n) is 9.21. The first-order chi connectivity index (χ1) is 14.0. The van der Waals surface area contributed by atoms with Crippen LogP contribution >= 0.6 is 12.4 Å². The number of alkyl carbamates (subject to hydrolysis) is 1. The van der Waals surface area contributed by atoms with Crippen molar-refractivity contribution in [3.63, 3.8) is 0 Å². The van der Waals surface area contributed by atoms with E-state index in [9.17, 15) is 14.4 Å². The standard InChI is InChI=1S/C21H24N2O6.ClH/c1-3-27-21(26)23-14-13-16(22-2)20(25)29-18-12-8-7-11-17(18)28-19(24)15-9-5-4-6-10-15;/h4-12,16,22H,3,13-14H2,1-2H3,(H,23,26);1H. The van der Waals surface area contributed by atoms with E-state index in [4.69, 9.17) is 14.2 Å². The van der Waals surface area contributed by atoms with Crippen molar-refractivity contribution < 1.29 is 28.6 Å². The largest absolute Gasteiger partial charge is 0.450 e. The van der Waals surface area contributed by atoms with E-state index in [2.05, 4.69) is 10.6 Å². The molecule has 0 spiro atoms. The molecule has 0 aromatic heterocycles. The predicted molar refractivity (Wildman–Crippen MR) is 113 cm³/mol. The van der Waals surface area contributed by atoms with Crippen LogP contribution in [0.4, 0.5) is 4.79 Å². The van der Waals surface area contributed by atoms with E-state index in [-0.39, 0.29) is 37.1 Å². The zero-order chi connectivity index (χ0) is 21.1. The molecular formula is C21H25ClN2O6. The van der Waals surface area contributed by atoms with Crippen molar-refractivity contribution in [2.75, 3.05) is 20.2 Å². The number of nitrogens with one attached hydrogen (secondary N) is 2. The van der Waals surface area contributed by atoms with Gasteiger partial charge in [0.25, 0.3) is 0 Å². The second-order valence-corrected chi connectivity index (χ2v) is 5.90. The first-order valence-corrected chi connectivity index (χ1v) is 9.21. The van der Waals surface area contributed by atoms with E-state index in [0.717, 1.165) is 0 Å². The van der Waals surface area contributed by atoms with Gasteiger partial charge in [-0.05, 0) is 44.7 Å². The lowest BCUT2D eigenvalue weighted by atomic mass is 10.2. The van der Waals surface area contributed by atoms with Crippen molar-refractivity contribution >= 4 is 30.4 Å². The topological polar surface area (TPSA) is 103 Å². The molecular weight excluding hydrogens is 412 g/mol. The molecule has 0 saturated heterocycles. The summed E-state index contributed by atoms with van der Waals surface area (Å²) in [6.07, 6.45) is -0.256. The third kappa shape index (κ3) is 7.73. The van der Waals surface area contributed by atoms with Crippen molar-refractivity contribution in [1.29, 1.82) is 0 Å². The van der Waals surface area contributed by atoms with E-state index >= 15 is 0 Å². The minimum atomic E-state index is -0.671. The molecule has 2 aromatic rings. The molecule has 8 nitrogen and oxygen atoms in total. The number of carbonyl (C=O) groups is 3. The number of halogens is 1. The summed E-state index contributed by atoms with van der Waals surface area (Å²) in [6.45, 7) is 2.20. The van der Waals surface area contributed by atoms with E-state index in [1.165, 1.54) is 6.07 Å². The van der Waals surface area contributed by atoms with Gasteiger partial charge in [-0.3, -0.25) is 0 Å². The van der Waals surface area contributed by atoms with Crippen LogP contribution in [0.15, 0.2) is 54.6 Å². The summed E-state index contributed by atoms with van der Waals surface area (Å²) in [4.78, 5) is 36.1. The van der Waals surface area contributed by atoms with Gasteiger partial charge < -0.3 is 24.8 Å². The van der Waals surface area contributed by atoms with E-state index in [0.29, 0.717) is 12.0 Å². The predicted octanol–water partition coefficient (Wildman–Crippen LogP) is 2.96. The van der Waals surface area contributed by atoms with Crippen molar-refractivity contribution in [3.05, 3.63) is 60.2 Å². The Hall–Kier alpha value is -3.10. The number of para-hydroxylation sites is 2. The third-order valence-electron chi connectivity index (χ3n) is 3.88. The Morgan fingerprint density at radius 3 is 2.13 bits per heavy atom. The molecule has 0 heterocycles. The summed E-state index contributed by atoms with van der Waals surface area (Å²) in [5, 5.41) is 5.38. The molecule has 1 amide bonds. The molecule has 1 unspecified atom stereocenters. The Morgan fingerprint density at radius 1 is 0.933 bits per heavy atom. The van der Waals surface area contributed by atoms with Crippen LogP contribution < -0.4 is 20.1 Å². The Balaban J connectivity index is 0.00000450. The second kappa shape index (κ2) is 13.2. The fourth-order valence-corrected chi connectivity index (χ4v) is 2.41. The van der Waals surface area contributed by atoms with Gasteiger partial charge in [-0.25, -0.2) is 14.4 Å². The molecule has 0 aliphatic heterocycles. The minimum absolute atomic E-state index is 0. The van der Waals surface area contributed by atoms with Gasteiger partial charge >= 0.3 is 18.0 Å². The molecule has 2 rings (SSSR count). The van der Waals surface area contributed by atoms with Gasteiger partial charge in [-0.15, -0.1) is 12.4 Å². The van der Waals surface area contributed by atoms with E-state index < -0.39 is 24.1 Å². The number of hydrogen-bond donors (Lipinski definition) is 2. The normalized spacial score (nSPS) is 10.9. The fraction of sp³-hybridized carbons (Fsp3) is 0.286. The summed E-state index contributed by atoms with van der Waals surface area (Å²) in [7, 11) is 1.61. The van der Waals surface area contributed by atoms with Gasteiger partial charge in [0.2, 0.25) is 0 Å². The Morgan fingerprint density at radius 2 is 1.53 bits per heavy atom. The second-order valence-electron chi connectivity index (χ2n) is 5.90. The van der Waals surface area contributed by atoms with E-state index in [1.54, 1.807) is 62.5 Å². The SMILES string of the molecule is CCOC(=O)NCCC(NC)C(=O)Oc1ccccc1OC(=O)c1ccccc1.Cl. The van der Waals surface area contributed by atoms with Crippen LogP contribution in [0.3, 0.4) is 0 Å². The van der Waals surface area contributed by atoms with Gasteiger partial charge in [0.05, 0.1) is 12.2 Å². The van der Waals surface area contributed by atoms with Crippen LogP contribution in [0.2, 0.25) is 0 Å². The summed E-state index contributed by atoms with van der Waals surface area (Å²) in [5.41, 5.74) is 0.381. The Labute approximate surface area is 181 Å². The summed E-state index contributed by atoms with van der Waals surface area (Å²) < 4.78 is 15.6. The molecule has 0 bridgehead atoms. The number of rotatable bonds is 9. The molecule has 1 atom stereocenters. The molecule has 9 heteroatoms. The van der Waals surface area contributed by atoms with Crippen LogP contribution in [0.25, 0.3) is 0 Å². The average Bonchev–Trinajstić information content (AvgIpc) is 2.73. The summed E-state index contributed by atoms with van der Waals surface area (Å²) >= 11 is 0. The highest BCUT2D eigenvalue weighted by atomic mass is 35.5. The minimum Gasteiger partial charge on any atom is -0.450 e. The highest BCUT2D eigenvalue weighted by Gasteiger charge is 2.21. The summed E-state index contributed by atoms with van der Waals surface area (Å²) in [6, 6.07) is 14.2. The molecule has 0 aliphatic carbocycles. The van der Waals surface area contributed by atoms with Crippen molar-refractivity contribution in [1.82, 2.24) is 10.6 Å². The Bertz CT molecular complexity index is 831. The maximum absolute atomic E-state index is 12.5. The third-order valence-corrected chi connectivity index (χ3v) is 3.88. The lowest BCUT2D eigenvalue weighted by Gasteiger charge is -2.16. The van der Waals surface area contributed by atoms with Gasteiger partial charge in [-0.2, -0.15) is 0 Å². The van der Waals surface area contributed by atoms with E-state index in [1.807, 2.05) is 0 Å². The maximum Gasteiger partial charge on any atom is 0.407 e. The number of likely N-dealkylation sites (N-methyl/N-ethyl adjacent to an activating group) is 1. The number of ether oxygens (including phenoxy) is 3. The van der Waals surface area contributed by atoms with Gasteiger partial charge in [0, 0.05) is 6.54 Å². The monoisotopic (exact) mass is 436 g/mol. The van der Waals surface area contributed by atoms with Crippen LogP contribution in [-0.4, -0.2) is 44.3 Å². The van der Waals surface area contributed by atoms with Crippen molar-refractivity contribution in [3.8, 4) is 11.5 Å². The highest BCUT2D eigenvalue weighted by molar-refractivity contribution is 5.91. The zero-order valence-electron chi connectivity index (χ0n) is 16.8. The number of esters is 2. The molecule has 2 N–H and O–H groups in total. The van der Waals surface area contributed by atoms with Crippen LogP contribution in [0.1, 0.15) is 23.7 Å². The lowest BCUT2D eigenvalue weighted by Crippen LogP contribution is -2.40. The van der Waals surface area contributed by atoms with Crippen LogP contribution in [-0.2, 0) is 9.53 Å². The summed E-state index contributed by atoms with van der Waals surface area (Å²) in [5.74, 6) is -0.867. The number of benzene rings is 2. The lowest BCUT2D eigenvalue weighted by molar-refractivity contribution is -0.136. The van der Waals surface area contributed by atoms with Gasteiger partial charge in [0.1, 0.15) is 6.04 Å². The first kappa shape index (κ1) is 24.9. The molecule has 0 saturated carbocycles. The molecule has 162 valence electrons. The number of carbonyl (C=O) groups excluding carboxylic acids is 3. The number of amides is 1. The molecule has 0 radical (unpaired) electrons.